The molecule has 0 rings (SSSR count). The standard InChI is InChI=1S/C7H16NO3P/c1-2-3-4-5-7(6-8)11-12(9)10/h7H,2-6,8H2,1H3/p+1. The molecule has 0 aliphatic rings. The first-order chi connectivity index (χ1) is 5.70. The van der Waals surface area contributed by atoms with Crippen LogP contribution >= 0.6 is 8.25 Å². The SMILES string of the molecule is CCCCCC(CN)O[P+](=O)O. The van der Waals surface area contributed by atoms with E-state index in [0.717, 1.165) is 25.7 Å². The fourth-order valence-electron chi connectivity index (χ4n) is 0.963. The minimum absolute atomic E-state index is 0.259. The van der Waals surface area contributed by atoms with E-state index in [2.05, 4.69) is 11.4 Å². The summed E-state index contributed by atoms with van der Waals surface area (Å²) >= 11 is 0. The van der Waals surface area contributed by atoms with Gasteiger partial charge in [-0.15, -0.1) is 9.42 Å². The van der Waals surface area contributed by atoms with Crippen molar-refractivity contribution in [3.63, 3.8) is 0 Å². The molecule has 0 aliphatic carbocycles. The summed E-state index contributed by atoms with van der Waals surface area (Å²) in [4.78, 5) is 8.44. The number of hydrogen-bond donors (Lipinski definition) is 2. The first kappa shape index (κ1) is 12.0. The van der Waals surface area contributed by atoms with E-state index in [1.165, 1.54) is 0 Å². The molecule has 0 fully saturated rings. The summed E-state index contributed by atoms with van der Waals surface area (Å²) in [5.74, 6) is 0. The van der Waals surface area contributed by atoms with Crippen molar-refractivity contribution in [2.24, 2.45) is 5.73 Å². The molecule has 0 heterocycles. The monoisotopic (exact) mass is 194 g/mol. The highest BCUT2D eigenvalue weighted by atomic mass is 31.1. The molecule has 0 spiro atoms. The molecule has 2 atom stereocenters. The van der Waals surface area contributed by atoms with Crippen LogP contribution in [0.2, 0.25) is 0 Å². The van der Waals surface area contributed by atoms with Gasteiger partial charge in [-0.2, -0.15) is 0 Å². The smallest absolute Gasteiger partial charge is 0.328 e. The van der Waals surface area contributed by atoms with Crippen LogP contribution in [-0.2, 0) is 9.09 Å². The quantitative estimate of drug-likeness (QED) is 0.476. The summed E-state index contributed by atoms with van der Waals surface area (Å²) in [6, 6.07) is 0. The van der Waals surface area contributed by atoms with Gasteiger partial charge in [-0.1, -0.05) is 26.2 Å². The molecule has 0 aromatic carbocycles. The number of nitrogens with two attached hydrogens (primary N) is 1. The van der Waals surface area contributed by atoms with Crippen molar-refractivity contribution in [2.75, 3.05) is 6.54 Å². The van der Waals surface area contributed by atoms with Crippen LogP contribution in [0, 0.1) is 0 Å². The molecule has 0 radical (unpaired) electrons. The molecular formula is C7H17NO3P+. The first-order valence-electron chi connectivity index (χ1n) is 4.23. The van der Waals surface area contributed by atoms with Gasteiger partial charge in [0.2, 0.25) is 0 Å². The second-order valence-corrected chi connectivity index (χ2v) is 3.38. The highest BCUT2D eigenvalue weighted by Crippen LogP contribution is 2.20. The van der Waals surface area contributed by atoms with Gasteiger partial charge in [0, 0.05) is 11.1 Å². The van der Waals surface area contributed by atoms with Crippen molar-refractivity contribution in [1.82, 2.24) is 0 Å². The van der Waals surface area contributed by atoms with Gasteiger partial charge in [-0.25, -0.2) is 0 Å². The van der Waals surface area contributed by atoms with Crippen molar-refractivity contribution >= 4 is 8.25 Å². The Labute approximate surface area is 74.1 Å². The summed E-state index contributed by atoms with van der Waals surface area (Å²) in [7, 11) is -2.50. The lowest BCUT2D eigenvalue weighted by molar-refractivity contribution is 0.182. The topological polar surface area (TPSA) is 72.5 Å². The molecule has 0 bridgehead atoms. The van der Waals surface area contributed by atoms with E-state index in [9.17, 15) is 4.57 Å². The van der Waals surface area contributed by atoms with Gasteiger partial charge in [0.05, 0.1) is 0 Å². The average Bonchev–Trinajstić information content (AvgIpc) is 2.02. The zero-order valence-corrected chi connectivity index (χ0v) is 8.30. The van der Waals surface area contributed by atoms with Crippen molar-refractivity contribution in [3.8, 4) is 0 Å². The minimum atomic E-state index is -2.50. The molecule has 12 heavy (non-hydrogen) atoms. The normalized spacial score (nSPS) is 14.4. The van der Waals surface area contributed by atoms with E-state index in [-0.39, 0.29) is 6.10 Å². The van der Waals surface area contributed by atoms with Gasteiger partial charge in [0.15, 0.2) is 0 Å². The van der Waals surface area contributed by atoms with E-state index in [0.29, 0.717) is 6.54 Å². The molecule has 3 N–H and O–H groups in total. The molecule has 72 valence electrons. The van der Waals surface area contributed by atoms with Gasteiger partial charge in [0.1, 0.15) is 6.10 Å². The Morgan fingerprint density at radius 2 is 2.25 bits per heavy atom. The number of rotatable bonds is 7. The summed E-state index contributed by atoms with van der Waals surface area (Å²) in [6.45, 7) is 2.41. The Morgan fingerprint density at radius 1 is 1.58 bits per heavy atom. The molecule has 2 unspecified atom stereocenters. The van der Waals surface area contributed by atoms with Gasteiger partial charge in [0.25, 0.3) is 0 Å². The van der Waals surface area contributed by atoms with Gasteiger partial charge >= 0.3 is 8.25 Å². The third-order valence-electron chi connectivity index (χ3n) is 1.63. The predicted octanol–water partition coefficient (Wildman–Crippen LogP) is 1.56. The zero-order chi connectivity index (χ0) is 9.40. The highest BCUT2D eigenvalue weighted by molar-refractivity contribution is 7.32. The molecule has 4 nitrogen and oxygen atoms in total. The third-order valence-corrected chi connectivity index (χ3v) is 2.11. The van der Waals surface area contributed by atoms with Gasteiger partial charge in [-0.05, 0) is 6.42 Å². The van der Waals surface area contributed by atoms with Crippen LogP contribution < -0.4 is 5.73 Å². The van der Waals surface area contributed by atoms with Crippen molar-refractivity contribution in [3.05, 3.63) is 0 Å². The molecule has 0 saturated heterocycles. The molecular weight excluding hydrogens is 177 g/mol. The van der Waals surface area contributed by atoms with Crippen LogP contribution in [0.3, 0.4) is 0 Å². The van der Waals surface area contributed by atoms with Crippen molar-refractivity contribution < 1.29 is 14.0 Å². The second-order valence-electron chi connectivity index (χ2n) is 2.70. The number of hydrogen-bond acceptors (Lipinski definition) is 3. The summed E-state index contributed by atoms with van der Waals surface area (Å²) < 4.78 is 15.0. The largest absolute Gasteiger partial charge is 0.695 e. The molecule has 0 saturated carbocycles. The maximum atomic E-state index is 10.3. The Bertz CT molecular complexity index is 132. The van der Waals surface area contributed by atoms with Crippen LogP contribution in [0.5, 0.6) is 0 Å². The van der Waals surface area contributed by atoms with Gasteiger partial charge < -0.3 is 5.73 Å². The Balaban J connectivity index is 3.46. The molecule has 5 heteroatoms. The molecule has 0 aromatic heterocycles. The summed E-state index contributed by atoms with van der Waals surface area (Å²) in [5.41, 5.74) is 5.34. The fourth-order valence-corrected chi connectivity index (χ4v) is 1.41. The maximum Gasteiger partial charge on any atom is 0.695 e. The maximum absolute atomic E-state index is 10.3. The van der Waals surface area contributed by atoms with E-state index < -0.39 is 8.25 Å². The van der Waals surface area contributed by atoms with Crippen LogP contribution in [0.15, 0.2) is 0 Å². The number of unbranched alkanes of at least 4 members (excludes halogenated alkanes) is 2. The Kier molecular flexibility index (Phi) is 7.61. The summed E-state index contributed by atoms with van der Waals surface area (Å²) in [5, 5.41) is 0. The lowest BCUT2D eigenvalue weighted by Crippen LogP contribution is -2.21. The van der Waals surface area contributed by atoms with E-state index in [1.54, 1.807) is 0 Å². The van der Waals surface area contributed by atoms with Gasteiger partial charge in [-0.3, -0.25) is 0 Å². The van der Waals surface area contributed by atoms with Crippen LogP contribution in [0.4, 0.5) is 0 Å². The first-order valence-corrected chi connectivity index (χ1v) is 5.36. The van der Waals surface area contributed by atoms with Crippen molar-refractivity contribution in [1.29, 1.82) is 0 Å². The van der Waals surface area contributed by atoms with E-state index in [1.807, 2.05) is 0 Å². The Hall–Kier alpha value is -0.0200. The minimum Gasteiger partial charge on any atom is -0.328 e. The van der Waals surface area contributed by atoms with Crippen LogP contribution in [0.1, 0.15) is 32.6 Å². The lowest BCUT2D eigenvalue weighted by Gasteiger charge is -2.05. The van der Waals surface area contributed by atoms with Crippen LogP contribution in [-0.4, -0.2) is 17.5 Å². The summed E-state index contributed by atoms with van der Waals surface area (Å²) in [6.07, 6.45) is 3.75. The van der Waals surface area contributed by atoms with E-state index >= 15 is 0 Å². The third kappa shape index (κ3) is 6.68. The fraction of sp³-hybridized carbons (Fsp3) is 1.00. The van der Waals surface area contributed by atoms with E-state index in [4.69, 9.17) is 10.6 Å². The predicted molar refractivity (Wildman–Crippen MR) is 47.9 cm³/mol. The van der Waals surface area contributed by atoms with Crippen molar-refractivity contribution in [2.45, 2.75) is 38.7 Å². The molecule has 0 aliphatic heterocycles. The zero-order valence-electron chi connectivity index (χ0n) is 7.40. The second kappa shape index (κ2) is 7.62. The Morgan fingerprint density at radius 3 is 2.67 bits per heavy atom. The van der Waals surface area contributed by atoms with Crippen LogP contribution in [0.25, 0.3) is 0 Å². The lowest BCUT2D eigenvalue weighted by atomic mass is 10.1. The highest BCUT2D eigenvalue weighted by Gasteiger charge is 2.20. The molecule has 0 amide bonds. The molecule has 0 aromatic rings. The average molecular weight is 194 g/mol.